The zero-order valence-electron chi connectivity index (χ0n) is 17.1. The second-order valence-corrected chi connectivity index (χ2v) is 9.71. The number of rotatable bonds is 5. The summed E-state index contributed by atoms with van der Waals surface area (Å²) in [4.78, 5) is 24.4. The Balaban J connectivity index is 1.48. The monoisotopic (exact) mass is 470 g/mol. The van der Waals surface area contributed by atoms with Crippen LogP contribution in [0.25, 0.3) is 0 Å². The zero-order valence-corrected chi connectivity index (χ0v) is 18.0. The van der Waals surface area contributed by atoms with E-state index in [4.69, 9.17) is 0 Å². The molecule has 0 saturated carbocycles. The van der Waals surface area contributed by atoms with Gasteiger partial charge in [-0.3, -0.25) is 9.59 Å². The molecule has 0 spiro atoms. The second-order valence-electron chi connectivity index (χ2n) is 7.95. The third-order valence-electron chi connectivity index (χ3n) is 5.68. The van der Waals surface area contributed by atoms with Gasteiger partial charge < -0.3 is 4.90 Å². The number of carbonyl (C=O) groups is 1. The van der Waals surface area contributed by atoms with Crippen LogP contribution in [-0.4, -0.2) is 42.9 Å². The highest BCUT2D eigenvalue weighted by molar-refractivity contribution is 7.89. The second kappa shape index (κ2) is 8.00. The number of benzene rings is 1. The fourth-order valence-electron chi connectivity index (χ4n) is 4.19. The third kappa shape index (κ3) is 4.16. The van der Waals surface area contributed by atoms with Crippen LogP contribution in [0.4, 0.5) is 18.9 Å². The van der Waals surface area contributed by atoms with Gasteiger partial charge in [0.05, 0.1) is 17.1 Å². The van der Waals surface area contributed by atoms with Gasteiger partial charge in [-0.15, -0.1) is 0 Å². The molecule has 1 aliphatic heterocycles. The molecule has 172 valence electrons. The van der Waals surface area contributed by atoms with Crippen molar-refractivity contribution in [3.05, 3.63) is 51.4 Å². The lowest BCUT2D eigenvalue weighted by Crippen LogP contribution is -2.44. The van der Waals surface area contributed by atoms with E-state index in [1.807, 2.05) is 0 Å². The van der Waals surface area contributed by atoms with Gasteiger partial charge in [0.2, 0.25) is 10.0 Å². The Morgan fingerprint density at radius 3 is 2.69 bits per heavy atom. The molecule has 1 atom stereocenters. The molecule has 32 heavy (non-hydrogen) atoms. The van der Waals surface area contributed by atoms with Crippen LogP contribution < -0.4 is 15.2 Å². The Labute approximate surface area is 182 Å². The van der Waals surface area contributed by atoms with Crippen molar-refractivity contribution in [3.63, 3.8) is 0 Å². The Bertz CT molecular complexity index is 1240. The zero-order chi connectivity index (χ0) is 23.3. The average molecular weight is 470 g/mol. The van der Waals surface area contributed by atoms with Crippen molar-refractivity contribution in [1.82, 2.24) is 14.5 Å². The van der Waals surface area contributed by atoms with Gasteiger partial charge in [-0.1, -0.05) is 0 Å². The van der Waals surface area contributed by atoms with Gasteiger partial charge in [0.15, 0.2) is 0 Å². The van der Waals surface area contributed by atoms with Gasteiger partial charge in [0, 0.05) is 24.3 Å². The number of sulfonamides is 1. The summed E-state index contributed by atoms with van der Waals surface area (Å²) in [7, 11) is -3.98. The van der Waals surface area contributed by atoms with E-state index in [2.05, 4.69) is 9.82 Å². The number of hydrogen-bond acceptors (Lipinski definition) is 5. The molecule has 8 nitrogen and oxygen atoms in total. The molecule has 2 aliphatic rings. The predicted octanol–water partition coefficient (Wildman–Crippen LogP) is 1.55. The van der Waals surface area contributed by atoms with Gasteiger partial charge >= 0.3 is 12.1 Å². The summed E-state index contributed by atoms with van der Waals surface area (Å²) in [6.07, 6.45) is -2.39. The lowest BCUT2D eigenvalue weighted by molar-refractivity contribution is -0.170. The Kier molecular flexibility index (Phi) is 5.61. The van der Waals surface area contributed by atoms with Crippen LogP contribution in [0.15, 0.2) is 34.0 Å². The Hall–Kier alpha value is -2.73. The molecule has 4 rings (SSSR count). The molecule has 1 amide bonds. The molecule has 2 heterocycles. The van der Waals surface area contributed by atoms with Crippen LogP contribution in [0.2, 0.25) is 0 Å². The van der Waals surface area contributed by atoms with Crippen LogP contribution >= 0.6 is 0 Å². The van der Waals surface area contributed by atoms with E-state index in [9.17, 15) is 31.2 Å². The van der Waals surface area contributed by atoms with Crippen LogP contribution in [-0.2, 0) is 40.6 Å². The quantitative estimate of drug-likeness (QED) is 0.715. The number of nitrogens with zero attached hydrogens (tertiary/aromatic N) is 3. The maximum Gasteiger partial charge on any atom is 0.471 e. The van der Waals surface area contributed by atoms with E-state index in [1.165, 1.54) is 29.8 Å². The highest BCUT2D eigenvalue weighted by Crippen LogP contribution is 2.36. The lowest BCUT2D eigenvalue weighted by Gasteiger charge is -2.23. The summed E-state index contributed by atoms with van der Waals surface area (Å²) < 4.78 is 67.6. The normalized spacial score (nSPS) is 18.0. The fourth-order valence-corrected chi connectivity index (χ4v) is 5.26. The molecule has 1 N–H and O–H groups in total. The molecule has 0 saturated heterocycles. The first kappa shape index (κ1) is 22.5. The number of aryl methyl sites for hydroxylation is 2. The van der Waals surface area contributed by atoms with Crippen LogP contribution in [0, 0.1) is 0 Å². The highest BCUT2D eigenvalue weighted by atomic mass is 32.2. The summed E-state index contributed by atoms with van der Waals surface area (Å²) in [5.41, 5.74) is 1.86. The number of carbonyl (C=O) groups excluding carboxylic acids is 1. The summed E-state index contributed by atoms with van der Waals surface area (Å²) in [6, 6.07) is 4.43. The van der Waals surface area contributed by atoms with Gasteiger partial charge in [0.25, 0.3) is 5.56 Å². The van der Waals surface area contributed by atoms with Crippen molar-refractivity contribution in [2.75, 3.05) is 11.4 Å². The molecule has 1 unspecified atom stereocenters. The van der Waals surface area contributed by atoms with E-state index in [-0.39, 0.29) is 35.7 Å². The first-order valence-electron chi connectivity index (χ1n) is 10.1. The maximum atomic E-state index is 12.9. The van der Waals surface area contributed by atoms with Crippen molar-refractivity contribution in [2.45, 2.75) is 56.3 Å². The Morgan fingerprint density at radius 1 is 1.22 bits per heavy atom. The summed E-state index contributed by atoms with van der Waals surface area (Å²) >= 11 is 0. The topological polar surface area (TPSA) is 101 Å². The van der Waals surface area contributed by atoms with Crippen molar-refractivity contribution in [1.29, 1.82) is 0 Å². The minimum atomic E-state index is -5.02. The number of amides is 1. The smallest absolute Gasteiger partial charge is 0.301 e. The lowest BCUT2D eigenvalue weighted by atomic mass is 10.1. The third-order valence-corrected chi connectivity index (χ3v) is 7.14. The summed E-state index contributed by atoms with van der Waals surface area (Å²) in [5.74, 6) is -1.98. The predicted molar refractivity (Wildman–Crippen MR) is 109 cm³/mol. The maximum absolute atomic E-state index is 12.9. The van der Waals surface area contributed by atoms with Gasteiger partial charge in [-0.25, -0.2) is 17.8 Å². The van der Waals surface area contributed by atoms with E-state index < -0.39 is 28.1 Å². The van der Waals surface area contributed by atoms with Crippen LogP contribution in [0.1, 0.15) is 30.2 Å². The molecule has 1 aliphatic carbocycles. The number of hydrogen-bond donors (Lipinski definition) is 1. The SMILES string of the molecule is CC1Cc2cc(S(=O)(=O)NCCn3nc4c(cc3=O)CCC4)ccc2N1C(=O)C(F)(F)F. The van der Waals surface area contributed by atoms with E-state index in [0.717, 1.165) is 36.6 Å². The van der Waals surface area contributed by atoms with Crippen LogP contribution in [0.5, 0.6) is 0 Å². The number of halogens is 3. The Morgan fingerprint density at radius 2 is 1.97 bits per heavy atom. The fraction of sp³-hybridized carbons (Fsp3) is 0.450. The largest absolute Gasteiger partial charge is 0.471 e. The molecular weight excluding hydrogens is 449 g/mol. The molecule has 1 aromatic heterocycles. The number of alkyl halides is 3. The highest BCUT2D eigenvalue weighted by Gasteiger charge is 2.47. The van der Waals surface area contributed by atoms with Crippen LogP contribution in [0.3, 0.4) is 0 Å². The van der Waals surface area contributed by atoms with Crippen molar-refractivity contribution in [2.24, 2.45) is 0 Å². The van der Waals surface area contributed by atoms with E-state index in [0.29, 0.717) is 10.5 Å². The average Bonchev–Trinajstić information content (AvgIpc) is 3.28. The standard InChI is InChI=1S/C20H21F3N4O4S/c1-12-9-14-10-15(5-6-17(14)27(12)19(29)20(21,22)23)32(30,31)24-7-8-26-18(28)11-13-3-2-4-16(13)25-26/h5-6,10-12,24H,2-4,7-9H2,1H3. The summed E-state index contributed by atoms with van der Waals surface area (Å²) in [6.45, 7) is 1.43. The molecule has 12 heteroatoms. The number of anilines is 1. The van der Waals surface area contributed by atoms with E-state index in [1.54, 1.807) is 0 Å². The molecular formula is C20H21F3N4O4S. The van der Waals surface area contributed by atoms with E-state index >= 15 is 0 Å². The molecule has 0 fully saturated rings. The van der Waals surface area contributed by atoms with Gasteiger partial charge in [-0.2, -0.15) is 18.3 Å². The molecule has 2 aromatic rings. The van der Waals surface area contributed by atoms with Gasteiger partial charge in [0.1, 0.15) is 0 Å². The minimum Gasteiger partial charge on any atom is -0.301 e. The van der Waals surface area contributed by atoms with Crippen molar-refractivity contribution in [3.8, 4) is 0 Å². The number of nitrogens with one attached hydrogen (secondary N) is 1. The minimum absolute atomic E-state index is 0.0428. The van der Waals surface area contributed by atoms with Crippen molar-refractivity contribution < 1.29 is 26.4 Å². The summed E-state index contributed by atoms with van der Waals surface area (Å²) in [5, 5.41) is 4.29. The first-order chi connectivity index (χ1) is 15.0. The number of aromatic nitrogens is 2. The molecule has 0 radical (unpaired) electrons. The molecule has 1 aromatic carbocycles. The number of fused-ring (bicyclic) bond motifs is 2. The van der Waals surface area contributed by atoms with Gasteiger partial charge in [-0.05, 0) is 61.9 Å². The van der Waals surface area contributed by atoms with Crippen molar-refractivity contribution >= 4 is 21.6 Å². The first-order valence-corrected chi connectivity index (χ1v) is 11.6. The molecule has 0 bridgehead atoms.